The summed E-state index contributed by atoms with van der Waals surface area (Å²) in [5.41, 5.74) is 2.06. The summed E-state index contributed by atoms with van der Waals surface area (Å²) in [6.07, 6.45) is 0. The van der Waals surface area contributed by atoms with E-state index >= 15 is 0 Å². The van der Waals surface area contributed by atoms with Crippen molar-refractivity contribution < 1.29 is 5.11 Å². The topological polar surface area (TPSA) is 35.5 Å². The molecule has 0 atom stereocenters. The molecule has 90 valence electrons. The van der Waals surface area contributed by atoms with Gasteiger partial charge < -0.3 is 15.3 Å². The number of benzene rings is 1. The highest BCUT2D eigenvalue weighted by Gasteiger charge is 2.15. The standard InChI is InChI=1S/C13H22N2O/c1-13(2,10-16)14-12-7-5-11(6-8-12)9-15(3)4/h5-8,14,16H,9-10H2,1-4H3. The molecule has 0 aliphatic carbocycles. The zero-order valence-corrected chi connectivity index (χ0v) is 10.6. The van der Waals surface area contributed by atoms with E-state index in [1.54, 1.807) is 0 Å². The second-order valence-electron chi connectivity index (χ2n) is 5.10. The Balaban J connectivity index is 2.64. The van der Waals surface area contributed by atoms with E-state index in [1.807, 2.05) is 13.8 Å². The maximum atomic E-state index is 9.16. The predicted octanol–water partition coefficient (Wildman–Crippen LogP) is 1.93. The molecule has 0 amide bonds. The number of nitrogens with one attached hydrogen (secondary N) is 1. The fraction of sp³-hybridized carbons (Fsp3) is 0.538. The molecule has 0 aliphatic heterocycles. The Labute approximate surface area is 98.1 Å². The van der Waals surface area contributed by atoms with Crippen LogP contribution in [0.15, 0.2) is 24.3 Å². The fourth-order valence-electron chi connectivity index (χ4n) is 1.49. The van der Waals surface area contributed by atoms with Crippen LogP contribution >= 0.6 is 0 Å². The molecule has 0 unspecified atom stereocenters. The molecular weight excluding hydrogens is 200 g/mol. The van der Waals surface area contributed by atoms with E-state index in [-0.39, 0.29) is 12.1 Å². The molecule has 0 aromatic heterocycles. The van der Waals surface area contributed by atoms with Crippen LogP contribution in [0.2, 0.25) is 0 Å². The van der Waals surface area contributed by atoms with E-state index in [9.17, 15) is 0 Å². The molecule has 0 saturated heterocycles. The molecule has 1 aromatic rings. The van der Waals surface area contributed by atoms with Crippen LogP contribution in [-0.4, -0.2) is 36.2 Å². The number of hydrogen-bond donors (Lipinski definition) is 2. The number of anilines is 1. The van der Waals surface area contributed by atoms with Gasteiger partial charge in [-0.3, -0.25) is 0 Å². The van der Waals surface area contributed by atoms with Crippen LogP contribution in [0.4, 0.5) is 5.69 Å². The molecule has 0 spiro atoms. The quantitative estimate of drug-likeness (QED) is 0.799. The summed E-state index contributed by atoms with van der Waals surface area (Å²) >= 11 is 0. The molecule has 1 rings (SSSR count). The van der Waals surface area contributed by atoms with E-state index in [4.69, 9.17) is 5.11 Å². The van der Waals surface area contributed by atoms with Crippen LogP contribution in [0.25, 0.3) is 0 Å². The smallest absolute Gasteiger partial charge is 0.0656 e. The fourth-order valence-corrected chi connectivity index (χ4v) is 1.49. The van der Waals surface area contributed by atoms with Crippen molar-refractivity contribution in [1.82, 2.24) is 4.90 Å². The minimum Gasteiger partial charge on any atom is -0.394 e. The van der Waals surface area contributed by atoms with Gasteiger partial charge in [0.25, 0.3) is 0 Å². The van der Waals surface area contributed by atoms with Crippen LogP contribution in [0.5, 0.6) is 0 Å². The summed E-state index contributed by atoms with van der Waals surface area (Å²) in [7, 11) is 4.11. The highest BCUT2D eigenvalue weighted by atomic mass is 16.3. The predicted molar refractivity (Wildman–Crippen MR) is 68.6 cm³/mol. The Kier molecular flexibility index (Phi) is 4.33. The lowest BCUT2D eigenvalue weighted by molar-refractivity contribution is 0.234. The molecule has 2 N–H and O–H groups in total. The molecule has 0 saturated carbocycles. The van der Waals surface area contributed by atoms with Gasteiger partial charge >= 0.3 is 0 Å². The second kappa shape index (κ2) is 5.32. The van der Waals surface area contributed by atoms with Gasteiger partial charge in [-0.05, 0) is 45.6 Å². The molecular formula is C13H22N2O. The summed E-state index contributed by atoms with van der Waals surface area (Å²) < 4.78 is 0. The molecule has 0 bridgehead atoms. The van der Waals surface area contributed by atoms with Gasteiger partial charge in [0, 0.05) is 12.2 Å². The number of hydrogen-bond acceptors (Lipinski definition) is 3. The number of rotatable bonds is 5. The molecule has 0 aliphatic rings. The molecule has 3 nitrogen and oxygen atoms in total. The van der Waals surface area contributed by atoms with Gasteiger partial charge in [0.2, 0.25) is 0 Å². The van der Waals surface area contributed by atoms with Gasteiger partial charge in [0.1, 0.15) is 0 Å². The van der Waals surface area contributed by atoms with Crippen LogP contribution in [-0.2, 0) is 6.54 Å². The zero-order valence-electron chi connectivity index (χ0n) is 10.6. The van der Waals surface area contributed by atoms with Gasteiger partial charge in [-0.2, -0.15) is 0 Å². The summed E-state index contributed by atoms with van der Waals surface area (Å²) in [6, 6.07) is 8.32. The Morgan fingerprint density at radius 1 is 1.19 bits per heavy atom. The monoisotopic (exact) mass is 222 g/mol. The van der Waals surface area contributed by atoms with Gasteiger partial charge in [0.05, 0.1) is 12.1 Å². The first-order valence-corrected chi connectivity index (χ1v) is 5.56. The van der Waals surface area contributed by atoms with Gasteiger partial charge in [-0.15, -0.1) is 0 Å². The lowest BCUT2D eigenvalue weighted by Gasteiger charge is -2.25. The third-order valence-electron chi connectivity index (χ3n) is 2.33. The van der Waals surface area contributed by atoms with Crippen LogP contribution in [0, 0.1) is 0 Å². The molecule has 16 heavy (non-hydrogen) atoms. The minimum atomic E-state index is -0.275. The van der Waals surface area contributed by atoms with Crippen molar-refractivity contribution in [3.63, 3.8) is 0 Å². The summed E-state index contributed by atoms with van der Waals surface area (Å²) in [4.78, 5) is 2.14. The Hall–Kier alpha value is -1.06. The normalized spacial score (nSPS) is 11.9. The molecule has 0 fully saturated rings. The lowest BCUT2D eigenvalue weighted by atomic mass is 10.1. The Morgan fingerprint density at radius 3 is 2.19 bits per heavy atom. The highest BCUT2D eigenvalue weighted by molar-refractivity contribution is 5.46. The minimum absolute atomic E-state index is 0.118. The molecule has 0 heterocycles. The van der Waals surface area contributed by atoms with E-state index < -0.39 is 0 Å². The average molecular weight is 222 g/mol. The van der Waals surface area contributed by atoms with Crippen LogP contribution in [0.1, 0.15) is 19.4 Å². The highest BCUT2D eigenvalue weighted by Crippen LogP contribution is 2.15. The Bertz CT molecular complexity index is 317. The number of nitrogens with zero attached hydrogens (tertiary/aromatic N) is 1. The second-order valence-corrected chi connectivity index (χ2v) is 5.10. The van der Waals surface area contributed by atoms with Gasteiger partial charge in [-0.1, -0.05) is 12.1 Å². The number of aliphatic hydroxyl groups excluding tert-OH is 1. The van der Waals surface area contributed by atoms with E-state index in [2.05, 4.69) is 48.6 Å². The summed E-state index contributed by atoms with van der Waals surface area (Å²) in [6.45, 7) is 5.01. The zero-order chi connectivity index (χ0) is 12.2. The summed E-state index contributed by atoms with van der Waals surface area (Å²) in [5, 5.41) is 12.4. The average Bonchev–Trinajstić information content (AvgIpc) is 2.20. The SMILES string of the molecule is CN(C)Cc1ccc(NC(C)(C)CO)cc1. The van der Waals surface area contributed by atoms with Gasteiger partial charge in [-0.25, -0.2) is 0 Å². The van der Waals surface area contributed by atoms with Crippen molar-refractivity contribution in [3.8, 4) is 0 Å². The van der Waals surface area contributed by atoms with Crippen molar-refractivity contribution in [2.24, 2.45) is 0 Å². The van der Waals surface area contributed by atoms with Crippen molar-refractivity contribution in [1.29, 1.82) is 0 Å². The lowest BCUT2D eigenvalue weighted by Crippen LogP contribution is -2.34. The van der Waals surface area contributed by atoms with E-state index in [0.717, 1.165) is 12.2 Å². The van der Waals surface area contributed by atoms with Crippen molar-refractivity contribution in [2.75, 3.05) is 26.0 Å². The third-order valence-corrected chi connectivity index (χ3v) is 2.33. The summed E-state index contributed by atoms with van der Waals surface area (Å²) in [5.74, 6) is 0. The van der Waals surface area contributed by atoms with Crippen LogP contribution in [0.3, 0.4) is 0 Å². The van der Waals surface area contributed by atoms with E-state index in [1.165, 1.54) is 5.56 Å². The molecule has 3 heteroatoms. The first-order chi connectivity index (χ1) is 7.43. The molecule has 1 aromatic carbocycles. The number of aliphatic hydroxyl groups is 1. The van der Waals surface area contributed by atoms with Crippen molar-refractivity contribution >= 4 is 5.69 Å². The Morgan fingerprint density at radius 2 is 1.75 bits per heavy atom. The van der Waals surface area contributed by atoms with Crippen molar-refractivity contribution in [2.45, 2.75) is 25.9 Å². The van der Waals surface area contributed by atoms with Crippen LogP contribution < -0.4 is 5.32 Å². The molecule has 0 radical (unpaired) electrons. The largest absolute Gasteiger partial charge is 0.394 e. The van der Waals surface area contributed by atoms with Crippen molar-refractivity contribution in [3.05, 3.63) is 29.8 Å². The van der Waals surface area contributed by atoms with Gasteiger partial charge in [0.15, 0.2) is 0 Å². The third kappa shape index (κ3) is 4.21. The maximum Gasteiger partial charge on any atom is 0.0656 e. The first-order valence-electron chi connectivity index (χ1n) is 5.56. The maximum absolute atomic E-state index is 9.16. The first kappa shape index (κ1) is 13.0. The van der Waals surface area contributed by atoms with E-state index in [0.29, 0.717) is 0 Å².